The number of aromatic amines is 1. The van der Waals surface area contributed by atoms with Gasteiger partial charge in [-0.25, -0.2) is 0 Å². The predicted molar refractivity (Wildman–Crippen MR) is 99.5 cm³/mol. The number of amides is 1. The molecule has 1 aromatic heterocycles. The fourth-order valence-corrected chi connectivity index (χ4v) is 4.47. The molecule has 2 aromatic rings. The number of hydrogen-bond acceptors (Lipinski definition) is 3. The first-order valence-electron chi connectivity index (χ1n) is 9.71. The zero-order valence-corrected chi connectivity index (χ0v) is 15.2. The number of hydrogen-bond donors (Lipinski definition) is 1. The van der Waals surface area contributed by atoms with E-state index in [1.54, 1.807) is 6.20 Å². The summed E-state index contributed by atoms with van der Waals surface area (Å²) in [7, 11) is 0. The number of nitrogens with one attached hydrogen (secondary N) is 1. The van der Waals surface area contributed by atoms with Crippen LogP contribution in [-0.2, 0) is 16.0 Å². The largest absolute Gasteiger partial charge is 0.381 e. The van der Waals surface area contributed by atoms with E-state index in [4.69, 9.17) is 4.74 Å². The van der Waals surface area contributed by atoms with Gasteiger partial charge in [-0.1, -0.05) is 30.3 Å². The van der Waals surface area contributed by atoms with Crippen molar-refractivity contribution in [3.05, 3.63) is 53.9 Å². The molecule has 2 fully saturated rings. The second-order valence-electron chi connectivity index (χ2n) is 7.58. The lowest BCUT2D eigenvalue weighted by molar-refractivity contribution is -0.152. The normalized spacial score (nSPS) is 22.9. The summed E-state index contributed by atoms with van der Waals surface area (Å²) in [5, 5.41) is 7.19. The summed E-state index contributed by atoms with van der Waals surface area (Å²) in [5.41, 5.74) is 1.94. The molecule has 5 heteroatoms. The number of likely N-dealkylation sites (tertiary alicyclic amines) is 1. The lowest BCUT2D eigenvalue weighted by Crippen LogP contribution is -2.50. The van der Waals surface area contributed by atoms with Crippen LogP contribution in [0, 0.1) is 5.41 Å². The Morgan fingerprint density at radius 3 is 2.73 bits per heavy atom. The van der Waals surface area contributed by atoms with Crippen LogP contribution in [-0.4, -0.2) is 40.8 Å². The molecule has 0 radical (unpaired) electrons. The van der Waals surface area contributed by atoms with E-state index in [1.165, 1.54) is 5.56 Å². The molecule has 1 N–H and O–H groups in total. The van der Waals surface area contributed by atoms with Gasteiger partial charge in [0.05, 0.1) is 17.2 Å². The summed E-state index contributed by atoms with van der Waals surface area (Å²) in [6.07, 6.45) is 7.41. The highest BCUT2D eigenvalue weighted by atomic mass is 16.5. The Balaban J connectivity index is 1.62. The average Bonchev–Trinajstić information content (AvgIpc) is 3.24. The average molecular weight is 353 g/mol. The highest BCUT2D eigenvalue weighted by molar-refractivity contribution is 5.83. The van der Waals surface area contributed by atoms with Gasteiger partial charge in [0.15, 0.2) is 0 Å². The van der Waals surface area contributed by atoms with Gasteiger partial charge in [0.1, 0.15) is 0 Å². The van der Waals surface area contributed by atoms with Gasteiger partial charge in [-0.15, -0.1) is 0 Å². The minimum absolute atomic E-state index is 0.120. The smallest absolute Gasteiger partial charge is 0.229 e. The van der Waals surface area contributed by atoms with Gasteiger partial charge in [0.2, 0.25) is 5.91 Å². The van der Waals surface area contributed by atoms with E-state index in [0.717, 1.165) is 50.8 Å². The Morgan fingerprint density at radius 1 is 1.19 bits per heavy atom. The molecule has 0 spiro atoms. The van der Waals surface area contributed by atoms with Crippen LogP contribution in [0.15, 0.2) is 42.6 Å². The van der Waals surface area contributed by atoms with Crippen molar-refractivity contribution < 1.29 is 9.53 Å². The third kappa shape index (κ3) is 3.40. The lowest BCUT2D eigenvalue weighted by Gasteiger charge is -2.44. The van der Waals surface area contributed by atoms with Gasteiger partial charge in [-0.3, -0.25) is 9.89 Å². The van der Waals surface area contributed by atoms with E-state index in [0.29, 0.717) is 19.1 Å². The second kappa shape index (κ2) is 7.62. The number of H-pyrrole nitrogens is 1. The zero-order chi connectivity index (χ0) is 17.8. The first kappa shape index (κ1) is 17.3. The summed E-state index contributed by atoms with van der Waals surface area (Å²) in [5.74, 6) is 0.295. The van der Waals surface area contributed by atoms with Crippen LogP contribution < -0.4 is 0 Å². The molecule has 0 unspecified atom stereocenters. The van der Waals surface area contributed by atoms with Crippen molar-refractivity contribution in [2.24, 2.45) is 5.41 Å². The zero-order valence-electron chi connectivity index (χ0n) is 15.2. The minimum Gasteiger partial charge on any atom is -0.381 e. The molecule has 2 aliphatic rings. The summed E-state index contributed by atoms with van der Waals surface area (Å²) < 4.78 is 5.61. The Morgan fingerprint density at radius 2 is 2.00 bits per heavy atom. The molecule has 0 bridgehead atoms. The number of carbonyl (C=O) groups is 1. The maximum atomic E-state index is 13.8. The molecule has 0 aliphatic carbocycles. The van der Waals surface area contributed by atoms with E-state index in [1.807, 2.05) is 12.1 Å². The molecule has 26 heavy (non-hydrogen) atoms. The fraction of sp³-hybridized carbons (Fsp3) is 0.524. The van der Waals surface area contributed by atoms with Gasteiger partial charge in [0.25, 0.3) is 0 Å². The molecular formula is C21H27N3O2. The Hall–Kier alpha value is -2.14. The SMILES string of the molecule is O=C(N1CCCC[C@H]1c1ccn[nH]1)C1(Cc2ccccc2)CCOCC1. The van der Waals surface area contributed by atoms with Crippen LogP contribution in [0.25, 0.3) is 0 Å². The van der Waals surface area contributed by atoms with Gasteiger partial charge >= 0.3 is 0 Å². The van der Waals surface area contributed by atoms with Gasteiger partial charge in [0, 0.05) is 26.0 Å². The fourth-order valence-electron chi connectivity index (χ4n) is 4.47. The first-order valence-corrected chi connectivity index (χ1v) is 9.71. The number of ether oxygens (including phenoxy) is 1. The molecule has 1 atom stereocenters. The maximum absolute atomic E-state index is 13.8. The quantitative estimate of drug-likeness (QED) is 0.915. The molecular weight excluding hydrogens is 326 g/mol. The summed E-state index contributed by atoms with van der Waals surface area (Å²) in [6, 6.07) is 12.5. The summed E-state index contributed by atoms with van der Waals surface area (Å²) in [6.45, 7) is 2.17. The molecule has 2 saturated heterocycles. The standard InChI is InChI=1S/C21H27N3O2/c25-20(24-13-5-4-8-19(24)18-9-12-22-23-18)21(10-14-26-15-11-21)16-17-6-2-1-3-7-17/h1-3,6-7,9,12,19H,4-5,8,10-11,13-16H2,(H,22,23)/t19-/m0/s1. The van der Waals surface area contributed by atoms with Crippen LogP contribution in [0.1, 0.15) is 49.4 Å². The molecule has 1 amide bonds. The van der Waals surface area contributed by atoms with Gasteiger partial charge in [-0.05, 0) is 50.2 Å². The van der Waals surface area contributed by atoms with Crippen molar-refractivity contribution >= 4 is 5.91 Å². The molecule has 2 aliphatic heterocycles. The van der Waals surface area contributed by atoms with Crippen molar-refractivity contribution in [1.82, 2.24) is 15.1 Å². The van der Waals surface area contributed by atoms with Crippen LogP contribution in [0.3, 0.4) is 0 Å². The lowest BCUT2D eigenvalue weighted by atomic mass is 9.73. The summed E-state index contributed by atoms with van der Waals surface area (Å²) in [4.78, 5) is 15.9. The first-order chi connectivity index (χ1) is 12.8. The Labute approximate surface area is 154 Å². The summed E-state index contributed by atoms with van der Waals surface area (Å²) >= 11 is 0. The van der Waals surface area contributed by atoms with Crippen molar-refractivity contribution in [3.8, 4) is 0 Å². The van der Waals surface area contributed by atoms with Crippen molar-refractivity contribution in [1.29, 1.82) is 0 Å². The van der Waals surface area contributed by atoms with E-state index < -0.39 is 0 Å². The van der Waals surface area contributed by atoms with Crippen LogP contribution >= 0.6 is 0 Å². The van der Waals surface area contributed by atoms with Gasteiger partial charge < -0.3 is 9.64 Å². The second-order valence-corrected chi connectivity index (χ2v) is 7.58. The van der Waals surface area contributed by atoms with Crippen molar-refractivity contribution in [2.75, 3.05) is 19.8 Å². The highest BCUT2D eigenvalue weighted by Gasteiger charge is 2.45. The molecule has 1 aromatic carbocycles. The van der Waals surface area contributed by atoms with E-state index in [9.17, 15) is 4.79 Å². The van der Waals surface area contributed by atoms with E-state index >= 15 is 0 Å². The number of nitrogens with zero attached hydrogens (tertiary/aromatic N) is 2. The monoisotopic (exact) mass is 353 g/mol. The third-order valence-electron chi connectivity index (χ3n) is 5.93. The Bertz CT molecular complexity index is 708. The highest BCUT2D eigenvalue weighted by Crippen LogP contribution is 2.40. The Kier molecular flexibility index (Phi) is 5.07. The molecule has 3 heterocycles. The van der Waals surface area contributed by atoms with Crippen LogP contribution in [0.2, 0.25) is 0 Å². The topological polar surface area (TPSA) is 58.2 Å². The van der Waals surface area contributed by atoms with Crippen LogP contribution in [0.5, 0.6) is 0 Å². The minimum atomic E-state index is -0.352. The molecule has 138 valence electrons. The third-order valence-corrected chi connectivity index (χ3v) is 5.93. The number of carbonyl (C=O) groups excluding carboxylic acids is 1. The molecule has 4 rings (SSSR count). The predicted octanol–water partition coefficient (Wildman–Crippen LogP) is 3.50. The number of rotatable bonds is 4. The molecule has 0 saturated carbocycles. The van der Waals surface area contributed by atoms with E-state index in [2.05, 4.69) is 39.4 Å². The van der Waals surface area contributed by atoms with Crippen LogP contribution in [0.4, 0.5) is 0 Å². The number of piperidine rings is 1. The van der Waals surface area contributed by atoms with Crippen molar-refractivity contribution in [3.63, 3.8) is 0 Å². The molecule has 5 nitrogen and oxygen atoms in total. The number of benzene rings is 1. The van der Waals surface area contributed by atoms with E-state index in [-0.39, 0.29) is 11.5 Å². The number of aromatic nitrogens is 2. The van der Waals surface area contributed by atoms with Gasteiger partial charge in [-0.2, -0.15) is 5.10 Å². The van der Waals surface area contributed by atoms with Crippen molar-refractivity contribution in [2.45, 2.75) is 44.6 Å². The maximum Gasteiger partial charge on any atom is 0.229 e.